The van der Waals surface area contributed by atoms with Crippen LogP contribution in [0.1, 0.15) is 17.9 Å². The molecule has 0 amide bonds. The fourth-order valence-electron chi connectivity index (χ4n) is 1.18. The van der Waals surface area contributed by atoms with E-state index in [4.69, 9.17) is 11.6 Å². The van der Waals surface area contributed by atoms with Crippen LogP contribution in [0.4, 0.5) is 0 Å². The lowest BCUT2D eigenvalue weighted by atomic mass is 10.3. The van der Waals surface area contributed by atoms with Gasteiger partial charge in [0.1, 0.15) is 10.2 Å². The van der Waals surface area contributed by atoms with E-state index in [1.54, 1.807) is 19.3 Å². The second-order valence-corrected chi connectivity index (χ2v) is 4.48. The van der Waals surface area contributed by atoms with Crippen LogP contribution in [0.15, 0.2) is 24.5 Å². The molecule has 1 atom stereocenters. The number of nitrogens with zero attached hydrogens (tertiary/aromatic N) is 2. The molecule has 0 aliphatic rings. The largest absolute Gasteiger partial charge is 0.388 e. The lowest BCUT2D eigenvalue weighted by Crippen LogP contribution is -1.85. The average molecular weight is 241 g/mol. The average Bonchev–Trinajstić information content (AvgIpc) is 2.62. The number of aromatic nitrogens is 2. The van der Waals surface area contributed by atoms with Gasteiger partial charge in [0.2, 0.25) is 0 Å². The molecule has 78 valence electrons. The van der Waals surface area contributed by atoms with E-state index in [-0.39, 0.29) is 0 Å². The molecule has 0 bridgehead atoms. The third-order valence-corrected chi connectivity index (χ3v) is 3.57. The van der Waals surface area contributed by atoms with Gasteiger partial charge in [0.05, 0.1) is 11.0 Å². The fraction of sp³-hybridized carbons (Fsp3) is 0.200. The van der Waals surface area contributed by atoms with Gasteiger partial charge in [0.25, 0.3) is 0 Å². The van der Waals surface area contributed by atoms with E-state index in [0.717, 1.165) is 10.6 Å². The smallest absolute Gasteiger partial charge is 0.146 e. The Morgan fingerprint density at radius 3 is 2.87 bits per heavy atom. The lowest BCUT2D eigenvalue weighted by Gasteiger charge is -1.97. The van der Waals surface area contributed by atoms with Crippen molar-refractivity contribution < 1.29 is 5.11 Å². The van der Waals surface area contributed by atoms with Crippen LogP contribution in [0.3, 0.4) is 0 Å². The number of hydrogen-bond acceptors (Lipinski definition) is 4. The maximum atomic E-state index is 9.44. The van der Waals surface area contributed by atoms with Crippen LogP contribution in [-0.2, 0) is 0 Å². The van der Waals surface area contributed by atoms with Gasteiger partial charge < -0.3 is 5.11 Å². The van der Waals surface area contributed by atoms with Crippen LogP contribution in [0, 0.1) is 0 Å². The summed E-state index contributed by atoms with van der Waals surface area (Å²) in [6, 6.07) is 3.75. The highest BCUT2D eigenvalue weighted by atomic mass is 35.5. The summed E-state index contributed by atoms with van der Waals surface area (Å²) in [6.45, 7) is 1.67. The maximum Gasteiger partial charge on any atom is 0.146 e. The minimum Gasteiger partial charge on any atom is -0.388 e. The molecule has 2 aromatic rings. The number of thiazole rings is 1. The highest BCUT2D eigenvalue weighted by Gasteiger charge is 2.14. The first kappa shape index (κ1) is 10.5. The van der Waals surface area contributed by atoms with Crippen molar-refractivity contribution in [3.8, 4) is 10.6 Å². The molecule has 0 aliphatic carbocycles. The molecule has 2 aromatic heterocycles. The summed E-state index contributed by atoms with van der Waals surface area (Å²) < 4.78 is 0. The molecule has 0 aliphatic heterocycles. The van der Waals surface area contributed by atoms with Crippen LogP contribution >= 0.6 is 22.9 Å². The molecule has 0 fully saturated rings. The number of rotatable bonds is 2. The van der Waals surface area contributed by atoms with E-state index in [0.29, 0.717) is 10.0 Å². The predicted molar refractivity (Wildman–Crippen MR) is 61.0 cm³/mol. The summed E-state index contributed by atoms with van der Waals surface area (Å²) >= 11 is 7.30. The maximum absolute atomic E-state index is 9.44. The molecule has 0 unspecified atom stereocenters. The molecule has 3 nitrogen and oxygen atoms in total. The normalized spacial score (nSPS) is 12.7. The summed E-state index contributed by atoms with van der Waals surface area (Å²) in [5.74, 6) is 0. The van der Waals surface area contributed by atoms with Crippen LogP contribution in [-0.4, -0.2) is 15.1 Å². The molecule has 15 heavy (non-hydrogen) atoms. The third-order valence-electron chi connectivity index (χ3n) is 1.90. The van der Waals surface area contributed by atoms with Crippen LogP contribution in [0.25, 0.3) is 10.6 Å². The lowest BCUT2D eigenvalue weighted by molar-refractivity contribution is 0.203. The topological polar surface area (TPSA) is 46.0 Å². The van der Waals surface area contributed by atoms with Gasteiger partial charge in [-0.25, -0.2) is 4.98 Å². The third kappa shape index (κ3) is 2.17. The highest BCUT2D eigenvalue weighted by Crippen LogP contribution is 2.34. The van der Waals surface area contributed by atoms with Crippen molar-refractivity contribution in [2.75, 3.05) is 0 Å². The van der Waals surface area contributed by atoms with Gasteiger partial charge in [-0.05, 0) is 19.1 Å². The Bertz CT molecular complexity index is 456. The Morgan fingerprint density at radius 2 is 2.33 bits per heavy atom. The second-order valence-electron chi connectivity index (χ2n) is 3.09. The first-order valence-corrected chi connectivity index (χ1v) is 5.62. The summed E-state index contributed by atoms with van der Waals surface area (Å²) in [4.78, 5) is 8.88. The molecule has 0 radical (unpaired) electrons. The van der Waals surface area contributed by atoms with Gasteiger partial charge in [0.15, 0.2) is 0 Å². The molecular formula is C10H9ClN2OS. The molecule has 0 spiro atoms. The number of pyridine rings is 1. The van der Waals surface area contributed by atoms with Crippen LogP contribution in [0.5, 0.6) is 0 Å². The van der Waals surface area contributed by atoms with Gasteiger partial charge in [-0.3, -0.25) is 4.98 Å². The van der Waals surface area contributed by atoms with Crippen molar-refractivity contribution in [1.82, 2.24) is 9.97 Å². The summed E-state index contributed by atoms with van der Waals surface area (Å²) in [5, 5.41) is 10.6. The van der Waals surface area contributed by atoms with Gasteiger partial charge in [-0.2, -0.15) is 0 Å². The molecule has 2 rings (SSSR count). The van der Waals surface area contributed by atoms with Crippen LogP contribution in [0.2, 0.25) is 5.15 Å². The minimum atomic E-state index is -0.583. The molecule has 1 N–H and O–H groups in total. The van der Waals surface area contributed by atoms with Crippen molar-refractivity contribution in [2.45, 2.75) is 13.0 Å². The van der Waals surface area contributed by atoms with E-state index < -0.39 is 6.10 Å². The Morgan fingerprint density at radius 1 is 1.53 bits per heavy atom. The van der Waals surface area contributed by atoms with Gasteiger partial charge in [0, 0.05) is 18.0 Å². The van der Waals surface area contributed by atoms with E-state index in [9.17, 15) is 5.11 Å². The van der Waals surface area contributed by atoms with Gasteiger partial charge in [-0.15, -0.1) is 11.3 Å². The van der Waals surface area contributed by atoms with E-state index in [1.165, 1.54) is 11.3 Å². The standard InChI is InChI=1S/C10H9ClN2OS/c1-6(14)8-9(11)13-10(15-8)7-3-2-4-12-5-7/h2-6,14H,1H3/t6-/m1/s1. The Labute approximate surface area is 96.4 Å². The number of aliphatic hydroxyl groups excluding tert-OH is 1. The van der Waals surface area contributed by atoms with E-state index >= 15 is 0 Å². The summed E-state index contributed by atoms with van der Waals surface area (Å²) in [7, 11) is 0. The molecule has 2 heterocycles. The Balaban J connectivity index is 2.43. The first-order valence-electron chi connectivity index (χ1n) is 4.43. The summed E-state index contributed by atoms with van der Waals surface area (Å²) in [5.41, 5.74) is 0.913. The quantitative estimate of drug-likeness (QED) is 0.878. The fourth-order valence-corrected chi connectivity index (χ4v) is 2.48. The second kappa shape index (κ2) is 4.26. The highest BCUT2D eigenvalue weighted by molar-refractivity contribution is 7.15. The monoisotopic (exact) mass is 240 g/mol. The molecular weight excluding hydrogens is 232 g/mol. The zero-order valence-corrected chi connectivity index (χ0v) is 9.59. The predicted octanol–water partition coefficient (Wildman–Crippen LogP) is 2.91. The SMILES string of the molecule is C[C@@H](O)c1sc(-c2cccnc2)nc1Cl. The van der Waals surface area contributed by atoms with Gasteiger partial charge >= 0.3 is 0 Å². The zero-order chi connectivity index (χ0) is 10.8. The summed E-state index contributed by atoms with van der Waals surface area (Å²) in [6.07, 6.45) is 2.84. The molecule has 5 heteroatoms. The van der Waals surface area contributed by atoms with Crippen molar-refractivity contribution in [1.29, 1.82) is 0 Å². The molecule has 0 saturated carbocycles. The Hall–Kier alpha value is -0.970. The number of hydrogen-bond donors (Lipinski definition) is 1. The molecule has 0 aromatic carbocycles. The minimum absolute atomic E-state index is 0.369. The molecule has 0 saturated heterocycles. The van der Waals surface area contributed by atoms with Gasteiger partial charge in [-0.1, -0.05) is 11.6 Å². The zero-order valence-electron chi connectivity index (χ0n) is 8.01. The van der Waals surface area contributed by atoms with E-state index in [1.807, 2.05) is 12.1 Å². The number of aliphatic hydroxyl groups is 1. The van der Waals surface area contributed by atoms with E-state index in [2.05, 4.69) is 9.97 Å². The van der Waals surface area contributed by atoms with Crippen molar-refractivity contribution >= 4 is 22.9 Å². The van der Waals surface area contributed by atoms with Crippen molar-refractivity contribution in [2.24, 2.45) is 0 Å². The Kier molecular flexibility index (Phi) is 3.00. The van der Waals surface area contributed by atoms with Crippen molar-refractivity contribution in [3.05, 3.63) is 34.6 Å². The van der Waals surface area contributed by atoms with Crippen molar-refractivity contribution in [3.63, 3.8) is 0 Å². The first-order chi connectivity index (χ1) is 7.18. The number of halogens is 1. The van der Waals surface area contributed by atoms with Crippen LogP contribution < -0.4 is 0 Å².